The van der Waals surface area contributed by atoms with Gasteiger partial charge in [-0.2, -0.15) is 0 Å². The van der Waals surface area contributed by atoms with Crippen molar-refractivity contribution in [3.8, 4) is 5.75 Å². The van der Waals surface area contributed by atoms with Crippen LogP contribution in [0, 0.1) is 0 Å². The SMILES string of the molecule is COc1cccc2sc(N(CCCN(C)C)C(=O)c3cccc(S(C)(=O)=O)c3)nc12.Cl. The Kier molecular flexibility index (Phi) is 8.41. The smallest absolute Gasteiger partial charge is 0.260 e. The molecule has 7 nitrogen and oxygen atoms in total. The van der Waals surface area contributed by atoms with Gasteiger partial charge in [0, 0.05) is 18.4 Å². The van der Waals surface area contributed by atoms with Crippen LogP contribution >= 0.6 is 23.7 Å². The molecule has 0 atom stereocenters. The summed E-state index contributed by atoms with van der Waals surface area (Å²) in [5, 5.41) is 0.558. The van der Waals surface area contributed by atoms with E-state index >= 15 is 0 Å². The highest BCUT2D eigenvalue weighted by atomic mass is 35.5. The number of carbonyl (C=O) groups excluding carboxylic acids is 1. The van der Waals surface area contributed by atoms with Crippen LogP contribution in [0.5, 0.6) is 5.75 Å². The number of sulfone groups is 1. The molecule has 10 heteroatoms. The third-order valence-electron chi connectivity index (χ3n) is 4.56. The zero-order valence-corrected chi connectivity index (χ0v) is 20.3. The van der Waals surface area contributed by atoms with Gasteiger partial charge in [-0.25, -0.2) is 13.4 Å². The van der Waals surface area contributed by atoms with Gasteiger partial charge in [-0.05, 0) is 57.4 Å². The van der Waals surface area contributed by atoms with Crippen molar-refractivity contribution in [1.29, 1.82) is 0 Å². The molecule has 0 saturated heterocycles. The van der Waals surface area contributed by atoms with E-state index in [2.05, 4.69) is 4.98 Å². The minimum Gasteiger partial charge on any atom is -0.494 e. The highest BCUT2D eigenvalue weighted by Crippen LogP contribution is 2.34. The van der Waals surface area contributed by atoms with Crippen molar-refractivity contribution in [2.24, 2.45) is 0 Å². The van der Waals surface area contributed by atoms with E-state index in [1.807, 2.05) is 37.2 Å². The van der Waals surface area contributed by atoms with E-state index in [0.29, 0.717) is 28.5 Å². The number of anilines is 1. The van der Waals surface area contributed by atoms with Crippen LogP contribution in [0.15, 0.2) is 47.4 Å². The molecule has 0 radical (unpaired) electrons. The maximum atomic E-state index is 13.4. The Hall–Kier alpha value is -2.20. The predicted octanol–water partition coefficient (Wildman–Crippen LogP) is 3.73. The topological polar surface area (TPSA) is 79.8 Å². The van der Waals surface area contributed by atoms with Gasteiger partial charge in [-0.1, -0.05) is 23.5 Å². The van der Waals surface area contributed by atoms with Gasteiger partial charge in [0.05, 0.1) is 16.7 Å². The predicted molar refractivity (Wildman–Crippen MR) is 128 cm³/mol. The Balaban J connectivity index is 0.00000341. The molecule has 31 heavy (non-hydrogen) atoms. The van der Waals surface area contributed by atoms with E-state index in [4.69, 9.17) is 4.74 Å². The van der Waals surface area contributed by atoms with Crippen molar-refractivity contribution in [3.05, 3.63) is 48.0 Å². The quantitative estimate of drug-likeness (QED) is 0.485. The van der Waals surface area contributed by atoms with Crippen LogP contribution in [0.25, 0.3) is 10.2 Å². The van der Waals surface area contributed by atoms with Gasteiger partial charge in [-0.3, -0.25) is 9.69 Å². The first-order valence-electron chi connectivity index (χ1n) is 9.41. The second kappa shape index (κ2) is 10.4. The molecule has 0 fully saturated rings. The number of thiazole rings is 1. The van der Waals surface area contributed by atoms with Crippen molar-refractivity contribution in [2.45, 2.75) is 11.3 Å². The molecule has 3 rings (SSSR count). The molecule has 0 N–H and O–H groups in total. The van der Waals surface area contributed by atoms with Crippen molar-refractivity contribution >= 4 is 54.8 Å². The Morgan fingerprint density at radius 3 is 2.48 bits per heavy atom. The minimum absolute atomic E-state index is 0. The number of methoxy groups -OCH3 is 1. The molecule has 2 aromatic carbocycles. The van der Waals surface area contributed by atoms with Crippen molar-refractivity contribution < 1.29 is 17.9 Å². The first-order chi connectivity index (χ1) is 14.2. The van der Waals surface area contributed by atoms with Gasteiger partial charge in [-0.15, -0.1) is 12.4 Å². The van der Waals surface area contributed by atoms with Crippen LogP contribution in [-0.4, -0.2) is 64.8 Å². The van der Waals surface area contributed by atoms with Crippen LogP contribution < -0.4 is 9.64 Å². The zero-order valence-electron chi connectivity index (χ0n) is 17.9. The molecule has 1 amide bonds. The average molecular weight is 484 g/mol. The van der Waals surface area contributed by atoms with Gasteiger partial charge >= 0.3 is 0 Å². The minimum atomic E-state index is -3.41. The van der Waals surface area contributed by atoms with Crippen molar-refractivity contribution in [2.75, 3.05) is 45.5 Å². The van der Waals surface area contributed by atoms with Crippen LogP contribution in [0.2, 0.25) is 0 Å². The Bertz CT molecular complexity index is 1160. The number of carbonyl (C=O) groups is 1. The Labute approximate surface area is 193 Å². The lowest BCUT2D eigenvalue weighted by atomic mass is 10.2. The second-order valence-corrected chi connectivity index (χ2v) is 10.2. The molecule has 0 unspecified atom stereocenters. The number of halogens is 1. The molecule has 0 saturated carbocycles. The highest BCUT2D eigenvalue weighted by Gasteiger charge is 2.23. The number of hydrogen-bond acceptors (Lipinski definition) is 7. The summed E-state index contributed by atoms with van der Waals surface area (Å²) in [7, 11) is 2.13. The summed E-state index contributed by atoms with van der Waals surface area (Å²) >= 11 is 1.41. The summed E-state index contributed by atoms with van der Waals surface area (Å²) in [5.74, 6) is 0.368. The van der Waals surface area contributed by atoms with E-state index < -0.39 is 9.84 Å². The fourth-order valence-corrected chi connectivity index (χ4v) is 4.71. The summed E-state index contributed by atoms with van der Waals surface area (Å²) in [5.41, 5.74) is 1.02. The maximum absolute atomic E-state index is 13.4. The van der Waals surface area contributed by atoms with Crippen LogP contribution in [0.1, 0.15) is 16.8 Å². The fraction of sp³-hybridized carbons (Fsp3) is 0.333. The first kappa shape index (κ1) is 25.1. The monoisotopic (exact) mass is 483 g/mol. The Morgan fingerprint density at radius 2 is 1.84 bits per heavy atom. The Morgan fingerprint density at radius 1 is 1.13 bits per heavy atom. The summed E-state index contributed by atoms with van der Waals surface area (Å²) in [4.78, 5) is 21.8. The van der Waals surface area contributed by atoms with E-state index in [1.54, 1.807) is 24.1 Å². The maximum Gasteiger partial charge on any atom is 0.260 e. The highest BCUT2D eigenvalue weighted by molar-refractivity contribution is 7.90. The van der Waals surface area contributed by atoms with Gasteiger partial charge in [0.25, 0.3) is 5.91 Å². The molecule has 3 aromatic rings. The lowest BCUT2D eigenvalue weighted by Crippen LogP contribution is -2.33. The largest absolute Gasteiger partial charge is 0.494 e. The van der Waals surface area contributed by atoms with E-state index in [9.17, 15) is 13.2 Å². The van der Waals surface area contributed by atoms with Crippen molar-refractivity contribution in [1.82, 2.24) is 9.88 Å². The normalized spacial score (nSPS) is 11.4. The number of nitrogens with zero attached hydrogens (tertiary/aromatic N) is 3. The fourth-order valence-electron chi connectivity index (χ4n) is 3.04. The number of amides is 1. The van der Waals surface area contributed by atoms with Gasteiger partial charge in [0.1, 0.15) is 11.3 Å². The number of fused-ring (bicyclic) bond motifs is 1. The molecule has 0 aliphatic rings. The number of aromatic nitrogens is 1. The zero-order chi connectivity index (χ0) is 21.9. The first-order valence-corrected chi connectivity index (χ1v) is 12.1. The molecule has 168 valence electrons. The average Bonchev–Trinajstić information content (AvgIpc) is 3.14. The number of benzene rings is 2. The van der Waals surface area contributed by atoms with E-state index in [-0.39, 0.29) is 23.2 Å². The third-order valence-corrected chi connectivity index (χ3v) is 6.72. The van der Waals surface area contributed by atoms with Gasteiger partial charge < -0.3 is 9.64 Å². The lowest BCUT2D eigenvalue weighted by Gasteiger charge is -2.21. The van der Waals surface area contributed by atoms with E-state index in [1.165, 1.54) is 23.5 Å². The molecular formula is C21H26ClN3O4S2. The van der Waals surface area contributed by atoms with Crippen molar-refractivity contribution in [3.63, 3.8) is 0 Å². The van der Waals surface area contributed by atoms with E-state index in [0.717, 1.165) is 23.9 Å². The molecule has 1 aromatic heterocycles. The summed E-state index contributed by atoms with van der Waals surface area (Å²) < 4.78 is 30.2. The number of hydrogen-bond donors (Lipinski definition) is 0. The lowest BCUT2D eigenvalue weighted by molar-refractivity contribution is 0.0986. The summed E-state index contributed by atoms with van der Waals surface area (Å²) in [6.07, 6.45) is 1.88. The molecule has 0 aliphatic carbocycles. The summed E-state index contributed by atoms with van der Waals surface area (Å²) in [6.45, 7) is 1.27. The van der Waals surface area contributed by atoms with Gasteiger partial charge in [0.15, 0.2) is 15.0 Å². The van der Waals surface area contributed by atoms with Crippen LogP contribution in [0.3, 0.4) is 0 Å². The molecular weight excluding hydrogens is 458 g/mol. The number of rotatable bonds is 8. The third kappa shape index (κ3) is 5.94. The molecule has 1 heterocycles. The van der Waals surface area contributed by atoms with Crippen LogP contribution in [-0.2, 0) is 9.84 Å². The molecule has 0 aliphatic heterocycles. The number of para-hydroxylation sites is 1. The standard InChI is InChI=1S/C21H25N3O4S2.ClH/c1-23(2)12-7-13-24(20(25)15-8-5-9-16(14-15)30(4,26)27)21-22-19-17(28-3)10-6-11-18(19)29-21;/h5-6,8-11,14H,7,12-13H2,1-4H3;1H. The molecule has 0 spiro atoms. The summed E-state index contributed by atoms with van der Waals surface area (Å²) in [6, 6.07) is 11.8. The number of ether oxygens (including phenoxy) is 1. The van der Waals surface area contributed by atoms with Gasteiger partial charge in [0.2, 0.25) is 0 Å². The molecule has 0 bridgehead atoms. The van der Waals surface area contributed by atoms with Crippen LogP contribution in [0.4, 0.5) is 5.13 Å². The second-order valence-electron chi connectivity index (χ2n) is 7.22.